The predicted molar refractivity (Wildman–Crippen MR) is 316 cm³/mol. The van der Waals surface area contributed by atoms with E-state index in [1.165, 1.54) is 212 Å². The average molecular weight is 1020 g/mol. The second kappa shape index (κ2) is 61.7. The van der Waals surface area contributed by atoms with E-state index in [9.17, 15) is 14.4 Å². The van der Waals surface area contributed by atoms with Crippen LogP contribution >= 0.6 is 0 Å². The monoisotopic (exact) mass is 1020 g/mol. The Labute approximate surface area is 453 Å². The van der Waals surface area contributed by atoms with Crippen LogP contribution in [-0.4, -0.2) is 37.2 Å². The lowest BCUT2D eigenvalue weighted by molar-refractivity contribution is -0.167. The van der Waals surface area contributed by atoms with Crippen molar-refractivity contribution in [2.45, 2.75) is 335 Å². The first kappa shape index (κ1) is 70.1. The maximum atomic E-state index is 12.9. The molecule has 0 radical (unpaired) electrons. The van der Waals surface area contributed by atoms with Gasteiger partial charge in [0.25, 0.3) is 0 Å². The smallest absolute Gasteiger partial charge is 0.306 e. The molecule has 0 aliphatic heterocycles. The zero-order valence-electron chi connectivity index (χ0n) is 48.7. The molecule has 0 amide bonds. The molecular formula is C67H120O6. The molecule has 6 nitrogen and oxygen atoms in total. The van der Waals surface area contributed by atoms with Crippen LogP contribution in [0, 0.1) is 0 Å². The van der Waals surface area contributed by atoms with Crippen LogP contribution in [0.25, 0.3) is 0 Å². The Balaban J connectivity index is 4.25. The van der Waals surface area contributed by atoms with Crippen molar-refractivity contribution in [2.75, 3.05) is 13.2 Å². The van der Waals surface area contributed by atoms with Crippen LogP contribution in [0.3, 0.4) is 0 Å². The van der Waals surface area contributed by atoms with Crippen LogP contribution in [0.4, 0.5) is 0 Å². The maximum absolute atomic E-state index is 12.9. The molecule has 0 N–H and O–H groups in total. The number of ether oxygens (including phenoxy) is 3. The van der Waals surface area contributed by atoms with Crippen LogP contribution in [0.1, 0.15) is 329 Å². The van der Waals surface area contributed by atoms with Crippen molar-refractivity contribution in [2.24, 2.45) is 0 Å². The van der Waals surface area contributed by atoms with Gasteiger partial charge in [-0.05, 0) is 103 Å². The largest absolute Gasteiger partial charge is 0.462 e. The fraction of sp³-hybridized carbons (Fsp3) is 0.806. The molecule has 0 saturated heterocycles. The third-order valence-electron chi connectivity index (χ3n) is 14.0. The summed E-state index contributed by atoms with van der Waals surface area (Å²) in [5.74, 6) is -0.877. The second-order valence-corrected chi connectivity index (χ2v) is 21.3. The molecule has 0 rings (SSSR count). The van der Waals surface area contributed by atoms with Crippen LogP contribution in [0.15, 0.2) is 60.8 Å². The minimum atomic E-state index is -0.780. The van der Waals surface area contributed by atoms with E-state index in [4.69, 9.17) is 14.2 Å². The quantitative estimate of drug-likeness (QED) is 0.0261. The summed E-state index contributed by atoms with van der Waals surface area (Å²) in [5.41, 5.74) is 0. The summed E-state index contributed by atoms with van der Waals surface area (Å²) in [4.78, 5) is 38.2. The Morgan fingerprint density at radius 3 is 0.836 bits per heavy atom. The molecule has 0 heterocycles. The summed E-state index contributed by atoms with van der Waals surface area (Å²) in [6.07, 6.45) is 78.0. The van der Waals surface area contributed by atoms with E-state index in [2.05, 4.69) is 81.5 Å². The molecule has 0 fully saturated rings. The normalized spacial score (nSPS) is 12.4. The molecule has 0 bridgehead atoms. The lowest BCUT2D eigenvalue weighted by atomic mass is 10.0. The van der Waals surface area contributed by atoms with Gasteiger partial charge in [0.2, 0.25) is 0 Å². The van der Waals surface area contributed by atoms with E-state index in [-0.39, 0.29) is 31.1 Å². The van der Waals surface area contributed by atoms with Gasteiger partial charge in [-0.15, -0.1) is 0 Å². The summed E-state index contributed by atoms with van der Waals surface area (Å²) in [5, 5.41) is 0. The number of carbonyl (C=O) groups excluding carboxylic acids is 3. The molecule has 1 atom stereocenters. The Morgan fingerprint density at radius 1 is 0.274 bits per heavy atom. The molecule has 1 unspecified atom stereocenters. The first-order valence-electron chi connectivity index (χ1n) is 31.8. The lowest BCUT2D eigenvalue weighted by Crippen LogP contribution is -2.30. The highest BCUT2D eigenvalue weighted by Gasteiger charge is 2.19. The van der Waals surface area contributed by atoms with Crippen molar-refractivity contribution in [1.82, 2.24) is 0 Å². The van der Waals surface area contributed by atoms with Gasteiger partial charge in [-0.3, -0.25) is 14.4 Å². The third kappa shape index (κ3) is 59.9. The lowest BCUT2D eigenvalue weighted by Gasteiger charge is -2.18. The number of hydrogen-bond donors (Lipinski definition) is 0. The number of unbranched alkanes of at least 4 members (excludes halogenated alkanes) is 37. The van der Waals surface area contributed by atoms with Crippen molar-refractivity contribution in [3.05, 3.63) is 60.8 Å². The van der Waals surface area contributed by atoms with Gasteiger partial charge in [-0.2, -0.15) is 0 Å². The molecule has 6 heteroatoms. The van der Waals surface area contributed by atoms with Crippen molar-refractivity contribution in [3.63, 3.8) is 0 Å². The van der Waals surface area contributed by atoms with Crippen molar-refractivity contribution in [1.29, 1.82) is 0 Å². The van der Waals surface area contributed by atoms with Gasteiger partial charge in [0.15, 0.2) is 6.10 Å². The predicted octanol–water partition coefficient (Wildman–Crippen LogP) is 21.6. The fourth-order valence-electron chi connectivity index (χ4n) is 9.13. The molecule has 0 aliphatic carbocycles. The van der Waals surface area contributed by atoms with Crippen LogP contribution in [0.5, 0.6) is 0 Å². The zero-order chi connectivity index (χ0) is 52.9. The maximum Gasteiger partial charge on any atom is 0.306 e. The summed E-state index contributed by atoms with van der Waals surface area (Å²) in [6, 6.07) is 0. The van der Waals surface area contributed by atoms with E-state index in [1.807, 2.05) is 0 Å². The Bertz CT molecular complexity index is 1310. The number of allylic oxidation sites excluding steroid dienone is 10. The van der Waals surface area contributed by atoms with E-state index < -0.39 is 6.10 Å². The van der Waals surface area contributed by atoms with E-state index in [0.29, 0.717) is 19.3 Å². The Morgan fingerprint density at radius 2 is 0.507 bits per heavy atom. The van der Waals surface area contributed by atoms with E-state index in [1.54, 1.807) is 0 Å². The van der Waals surface area contributed by atoms with Crippen LogP contribution < -0.4 is 0 Å². The second-order valence-electron chi connectivity index (χ2n) is 21.3. The molecule has 0 spiro atoms. The first-order valence-corrected chi connectivity index (χ1v) is 31.8. The van der Waals surface area contributed by atoms with Gasteiger partial charge in [0.05, 0.1) is 0 Å². The van der Waals surface area contributed by atoms with Gasteiger partial charge in [-0.25, -0.2) is 0 Å². The van der Waals surface area contributed by atoms with Crippen molar-refractivity contribution < 1.29 is 28.6 Å². The Kier molecular flexibility index (Phi) is 59.2. The van der Waals surface area contributed by atoms with Gasteiger partial charge in [0, 0.05) is 19.3 Å². The number of carbonyl (C=O) groups is 3. The molecule has 0 aliphatic rings. The summed E-state index contributed by atoms with van der Waals surface area (Å²) in [7, 11) is 0. The van der Waals surface area contributed by atoms with Gasteiger partial charge < -0.3 is 14.2 Å². The molecule has 424 valence electrons. The molecule has 0 aromatic rings. The van der Waals surface area contributed by atoms with Gasteiger partial charge in [0.1, 0.15) is 13.2 Å². The highest BCUT2D eigenvalue weighted by Crippen LogP contribution is 2.16. The molecular weight excluding hydrogens is 901 g/mol. The number of rotatable bonds is 58. The number of esters is 3. The third-order valence-corrected chi connectivity index (χ3v) is 14.0. The summed E-state index contributed by atoms with van der Waals surface area (Å²) < 4.78 is 16.9. The van der Waals surface area contributed by atoms with Crippen LogP contribution in [-0.2, 0) is 28.6 Å². The van der Waals surface area contributed by atoms with Gasteiger partial charge >= 0.3 is 17.9 Å². The highest BCUT2D eigenvalue weighted by molar-refractivity contribution is 5.71. The van der Waals surface area contributed by atoms with Crippen molar-refractivity contribution >= 4 is 17.9 Å². The average Bonchev–Trinajstić information content (AvgIpc) is 3.39. The topological polar surface area (TPSA) is 78.9 Å². The molecule has 0 aromatic heterocycles. The minimum Gasteiger partial charge on any atom is -0.462 e. The van der Waals surface area contributed by atoms with E-state index in [0.717, 1.165) is 77.0 Å². The van der Waals surface area contributed by atoms with E-state index >= 15 is 0 Å². The van der Waals surface area contributed by atoms with Crippen LogP contribution in [0.2, 0.25) is 0 Å². The highest BCUT2D eigenvalue weighted by atomic mass is 16.6. The van der Waals surface area contributed by atoms with Gasteiger partial charge in [-0.1, -0.05) is 268 Å². The molecule has 0 saturated carbocycles. The fourth-order valence-corrected chi connectivity index (χ4v) is 9.13. The summed E-state index contributed by atoms with van der Waals surface area (Å²) >= 11 is 0. The molecule has 0 aromatic carbocycles. The summed E-state index contributed by atoms with van der Waals surface area (Å²) in [6.45, 7) is 6.59. The zero-order valence-corrected chi connectivity index (χ0v) is 48.7. The number of hydrogen-bond acceptors (Lipinski definition) is 6. The molecule has 73 heavy (non-hydrogen) atoms. The minimum absolute atomic E-state index is 0.0770. The van der Waals surface area contributed by atoms with Crippen molar-refractivity contribution in [3.8, 4) is 0 Å². The SMILES string of the molecule is CCCC/C=C\CCCCCCCC(=O)OCC(COC(=O)CCCCCCCCCCCCCCC/C=C\C/C=C\CCCCCCC)OC(=O)CCCCCCCCCCC/C=C\C/C=C\CCCCC. The standard InChI is InChI=1S/C67H120O6/c1-4-7-10-13-16-19-22-24-26-28-30-31-32-33-34-35-37-38-40-42-45-48-51-54-57-60-66(69)72-63-64(62-71-65(68)59-56-53-50-47-44-21-18-15-12-9-6-3)73-67(70)61-58-55-52-49-46-43-41-39-36-29-27-25-23-20-17-14-11-8-5-2/h15,17-18,20,22,24-25,27-28,30,64H,4-14,16,19,21,23,26,29,31-63H2,1-3H3/b18-15-,20-17-,24-22-,27-25-,30-28-. The first-order chi connectivity index (χ1) is 36.0. The Hall–Kier alpha value is -2.89.